The third kappa shape index (κ3) is 2.63. The van der Waals surface area contributed by atoms with Crippen LogP contribution >= 0.6 is 0 Å². The van der Waals surface area contributed by atoms with Gasteiger partial charge in [0.2, 0.25) is 0 Å². The Balaban J connectivity index is 1.66. The van der Waals surface area contributed by atoms with Gasteiger partial charge in [-0.05, 0) is 25.5 Å². The van der Waals surface area contributed by atoms with Crippen LogP contribution in [-0.4, -0.2) is 25.0 Å². The highest BCUT2D eigenvalue weighted by molar-refractivity contribution is 6.05. The third-order valence-electron chi connectivity index (χ3n) is 3.65. The molecule has 1 saturated heterocycles. The molecule has 0 bridgehead atoms. The van der Waals surface area contributed by atoms with E-state index in [1.54, 1.807) is 0 Å². The summed E-state index contributed by atoms with van der Waals surface area (Å²) in [4.78, 5) is 12.2. The standard InChI is InChI=1S/C15H18N2O2/c18-15(17-9-11-5-3-4-8-16-11)13-10-19-14-7-2-1-6-12(13)14/h1-2,6-7,10-11,16H,3-5,8-9H2,(H,17,18). The summed E-state index contributed by atoms with van der Waals surface area (Å²) in [7, 11) is 0. The molecule has 1 aromatic heterocycles. The molecule has 3 rings (SSSR count). The van der Waals surface area contributed by atoms with Gasteiger partial charge in [-0.1, -0.05) is 24.6 Å². The fraction of sp³-hybridized carbons (Fsp3) is 0.400. The maximum absolute atomic E-state index is 12.2. The van der Waals surface area contributed by atoms with E-state index in [1.165, 1.54) is 19.1 Å². The third-order valence-corrected chi connectivity index (χ3v) is 3.65. The van der Waals surface area contributed by atoms with Gasteiger partial charge in [0.25, 0.3) is 5.91 Å². The minimum Gasteiger partial charge on any atom is -0.463 e. The fourth-order valence-corrected chi connectivity index (χ4v) is 2.56. The molecule has 2 aromatic rings. The summed E-state index contributed by atoms with van der Waals surface area (Å²) >= 11 is 0. The predicted molar refractivity (Wildman–Crippen MR) is 74.2 cm³/mol. The Labute approximate surface area is 112 Å². The number of carbonyl (C=O) groups excluding carboxylic acids is 1. The largest absolute Gasteiger partial charge is 0.463 e. The second kappa shape index (κ2) is 5.45. The van der Waals surface area contributed by atoms with Crippen molar-refractivity contribution < 1.29 is 9.21 Å². The average molecular weight is 258 g/mol. The topological polar surface area (TPSA) is 54.3 Å². The quantitative estimate of drug-likeness (QED) is 0.888. The zero-order valence-corrected chi connectivity index (χ0v) is 10.8. The molecule has 0 aliphatic carbocycles. The first-order valence-electron chi connectivity index (χ1n) is 6.82. The molecule has 19 heavy (non-hydrogen) atoms. The van der Waals surface area contributed by atoms with Crippen molar-refractivity contribution in [2.75, 3.05) is 13.1 Å². The number of benzene rings is 1. The van der Waals surface area contributed by atoms with Gasteiger partial charge in [-0.25, -0.2) is 0 Å². The lowest BCUT2D eigenvalue weighted by atomic mass is 10.0. The van der Waals surface area contributed by atoms with Crippen LogP contribution in [-0.2, 0) is 0 Å². The number of nitrogens with one attached hydrogen (secondary N) is 2. The van der Waals surface area contributed by atoms with Gasteiger partial charge in [0, 0.05) is 18.0 Å². The lowest BCUT2D eigenvalue weighted by Gasteiger charge is -2.23. The summed E-state index contributed by atoms with van der Waals surface area (Å²) < 4.78 is 5.39. The van der Waals surface area contributed by atoms with Gasteiger partial charge < -0.3 is 15.1 Å². The first-order valence-corrected chi connectivity index (χ1v) is 6.82. The molecule has 0 spiro atoms. The molecule has 1 amide bonds. The number of fused-ring (bicyclic) bond motifs is 1. The normalized spacial score (nSPS) is 19.5. The van der Waals surface area contributed by atoms with Crippen LogP contribution in [0.3, 0.4) is 0 Å². The number of carbonyl (C=O) groups is 1. The van der Waals surface area contributed by atoms with E-state index >= 15 is 0 Å². The van der Waals surface area contributed by atoms with Crippen LogP contribution in [0.25, 0.3) is 11.0 Å². The van der Waals surface area contributed by atoms with E-state index in [0.29, 0.717) is 18.2 Å². The van der Waals surface area contributed by atoms with Crippen LogP contribution in [0.15, 0.2) is 34.9 Å². The van der Waals surface area contributed by atoms with Gasteiger partial charge >= 0.3 is 0 Å². The highest BCUT2D eigenvalue weighted by Crippen LogP contribution is 2.20. The van der Waals surface area contributed by atoms with Crippen molar-refractivity contribution in [3.8, 4) is 0 Å². The van der Waals surface area contributed by atoms with Crippen LogP contribution in [0.2, 0.25) is 0 Å². The number of para-hydroxylation sites is 1. The van der Waals surface area contributed by atoms with Crippen molar-refractivity contribution >= 4 is 16.9 Å². The summed E-state index contributed by atoms with van der Waals surface area (Å²) in [6.45, 7) is 1.73. The fourth-order valence-electron chi connectivity index (χ4n) is 2.56. The lowest BCUT2D eigenvalue weighted by molar-refractivity contribution is 0.0948. The molecule has 1 aliphatic rings. The second-order valence-corrected chi connectivity index (χ2v) is 5.00. The number of piperidine rings is 1. The number of amides is 1. The van der Waals surface area contributed by atoms with E-state index in [0.717, 1.165) is 23.9 Å². The molecule has 1 aromatic carbocycles. The Kier molecular flexibility index (Phi) is 3.51. The molecule has 1 atom stereocenters. The van der Waals surface area contributed by atoms with E-state index in [1.807, 2.05) is 24.3 Å². The molecule has 0 saturated carbocycles. The van der Waals surface area contributed by atoms with Gasteiger partial charge in [0.15, 0.2) is 0 Å². The second-order valence-electron chi connectivity index (χ2n) is 5.00. The van der Waals surface area contributed by atoms with Crippen molar-refractivity contribution in [1.82, 2.24) is 10.6 Å². The first kappa shape index (κ1) is 12.2. The van der Waals surface area contributed by atoms with E-state index in [4.69, 9.17) is 4.42 Å². The van der Waals surface area contributed by atoms with Gasteiger partial charge in [0.05, 0.1) is 5.56 Å². The SMILES string of the molecule is O=C(NCC1CCCCN1)c1coc2ccccc12. The average Bonchev–Trinajstić information content (AvgIpc) is 2.90. The van der Waals surface area contributed by atoms with Gasteiger partial charge in [-0.2, -0.15) is 0 Å². The number of rotatable bonds is 3. The lowest BCUT2D eigenvalue weighted by Crippen LogP contribution is -2.43. The van der Waals surface area contributed by atoms with Crippen molar-refractivity contribution in [1.29, 1.82) is 0 Å². The summed E-state index contributed by atoms with van der Waals surface area (Å²) in [5, 5.41) is 7.28. The minimum absolute atomic E-state index is 0.0580. The van der Waals surface area contributed by atoms with Crippen LogP contribution in [0.1, 0.15) is 29.6 Å². The molecular formula is C15H18N2O2. The van der Waals surface area contributed by atoms with Crippen molar-refractivity contribution in [3.63, 3.8) is 0 Å². The molecule has 2 heterocycles. The van der Waals surface area contributed by atoms with Gasteiger partial charge in [-0.3, -0.25) is 4.79 Å². The highest BCUT2D eigenvalue weighted by Gasteiger charge is 2.16. The van der Waals surface area contributed by atoms with Crippen molar-refractivity contribution in [3.05, 3.63) is 36.1 Å². The van der Waals surface area contributed by atoms with Gasteiger partial charge in [-0.15, -0.1) is 0 Å². The van der Waals surface area contributed by atoms with Crippen LogP contribution < -0.4 is 10.6 Å². The van der Waals surface area contributed by atoms with E-state index in [2.05, 4.69) is 10.6 Å². The maximum Gasteiger partial charge on any atom is 0.255 e. The van der Waals surface area contributed by atoms with Crippen molar-refractivity contribution in [2.24, 2.45) is 0 Å². The minimum atomic E-state index is -0.0580. The number of hydrogen-bond donors (Lipinski definition) is 2. The Morgan fingerprint density at radius 1 is 1.37 bits per heavy atom. The molecule has 1 aliphatic heterocycles. The molecular weight excluding hydrogens is 240 g/mol. The van der Waals surface area contributed by atoms with Crippen LogP contribution in [0.5, 0.6) is 0 Å². The smallest absolute Gasteiger partial charge is 0.255 e. The van der Waals surface area contributed by atoms with Crippen LogP contribution in [0, 0.1) is 0 Å². The molecule has 1 fully saturated rings. The summed E-state index contributed by atoms with van der Waals surface area (Å²) in [6.07, 6.45) is 5.14. The Hall–Kier alpha value is -1.81. The Morgan fingerprint density at radius 2 is 2.26 bits per heavy atom. The number of hydrogen-bond acceptors (Lipinski definition) is 3. The first-order chi connectivity index (χ1) is 9.34. The van der Waals surface area contributed by atoms with Crippen LogP contribution in [0.4, 0.5) is 0 Å². The zero-order valence-electron chi connectivity index (χ0n) is 10.8. The number of furan rings is 1. The summed E-state index contributed by atoms with van der Waals surface area (Å²) in [5.41, 5.74) is 1.37. The predicted octanol–water partition coefficient (Wildman–Crippen LogP) is 2.30. The van der Waals surface area contributed by atoms with E-state index in [-0.39, 0.29) is 5.91 Å². The van der Waals surface area contributed by atoms with Gasteiger partial charge in [0.1, 0.15) is 11.8 Å². The van der Waals surface area contributed by atoms with E-state index < -0.39 is 0 Å². The molecule has 1 unspecified atom stereocenters. The maximum atomic E-state index is 12.2. The van der Waals surface area contributed by atoms with Crippen molar-refractivity contribution in [2.45, 2.75) is 25.3 Å². The molecule has 4 heteroatoms. The zero-order chi connectivity index (χ0) is 13.1. The molecule has 100 valence electrons. The summed E-state index contributed by atoms with van der Waals surface area (Å²) in [5.74, 6) is -0.0580. The van der Waals surface area contributed by atoms with E-state index in [9.17, 15) is 4.79 Å². The molecule has 2 N–H and O–H groups in total. The molecule has 4 nitrogen and oxygen atoms in total. The Morgan fingerprint density at radius 3 is 3.11 bits per heavy atom. The Bertz CT molecular complexity index is 570. The highest BCUT2D eigenvalue weighted by atomic mass is 16.3. The molecule has 0 radical (unpaired) electrons. The summed E-state index contributed by atoms with van der Waals surface area (Å²) in [6, 6.07) is 7.99. The monoisotopic (exact) mass is 258 g/mol.